The molecule has 0 aliphatic rings. The molecule has 0 amide bonds. The van der Waals surface area contributed by atoms with E-state index in [1.165, 1.54) is 64.2 Å². The lowest BCUT2D eigenvalue weighted by Gasteiger charge is -2.03. The van der Waals surface area contributed by atoms with Crippen LogP contribution in [-0.4, -0.2) is 34.1 Å². The van der Waals surface area contributed by atoms with E-state index in [9.17, 15) is 10.2 Å². The Hall–Kier alpha value is -2.84. The molecule has 0 heterocycles. The van der Waals surface area contributed by atoms with E-state index in [1.54, 1.807) is 6.08 Å². The lowest BCUT2D eigenvalue weighted by Crippen LogP contribution is -2.01. The zero-order valence-electron chi connectivity index (χ0n) is 22.6. The molecular formula is C34H46O3. The normalized spacial score (nSPS) is 11.7. The summed E-state index contributed by atoms with van der Waals surface area (Å²) >= 11 is 0. The van der Waals surface area contributed by atoms with Gasteiger partial charge in [0.2, 0.25) is 0 Å². The third kappa shape index (κ3) is 29.3. The van der Waals surface area contributed by atoms with Crippen molar-refractivity contribution < 1.29 is 15.3 Å². The number of hydrogen-bond acceptors (Lipinski definition) is 3. The van der Waals surface area contributed by atoms with Crippen molar-refractivity contribution in [3.05, 3.63) is 24.3 Å². The van der Waals surface area contributed by atoms with Crippen LogP contribution in [0.15, 0.2) is 24.3 Å². The number of aliphatic hydroxyl groups is 3. The highest BCUT2D eigenvalue weighted by Gasteiger charge is 1.98. The Morgan fingerprint density at radius 3 is 1.92 bits per heavy atom. The Bertz CT molecular complexity index is 890. The molecule has 0 aliphatic carbocycles. The fraction of sp³-hybridized carbons (Fsp3) is 0.588. The molecule has 2 unspecified atom stereocenters. The monoisotopic (exact) mass is 502 g/mol. The highest BCUT2D eigenvalue weighted by molar-refractivity contribution is 5.36. The summed E-state index contributed by atoms with van der Waals surface area (Å²) in [6, 6.07) is 0. The summed E-state index contributed by atoms with van der Waals surface area (Å²) < 4.78 is 0. The minimum Gasteiger partial charge on any atom is -0.384 e. The Morgan fingerprint density at radius 2 is 1.24 bits per heavy atom. The molecule has 0 bridgehead atoms. The van der Waals surface area contributed by atoms with Crippen molar-refractivity contribution in [3.63, 3.8) is 0 Å². The van der Waals surface area contributed by atoms with Crippen LogP contribution in [0.1, 0.15) is 109 Å². The van der Waals surface area contributed by atoms with Crippen LogP contribution in [-0.2, 0) is 0 Å². The molecule has 2 atom stereocenters. The van der Waals surface area contributed by atoms with Crippen molar-refractivity contribution in [3.8, 4) is 59.7 Å². The molecule has 0 fully saturated rings. The number of unbranched alkanes of at least 4 members (excludes halogenated alkanes) is 14. The van der Waals surface area contributed by atoms with E-state index in [0.717, 1.165) is 38.5 Å². The van der Waals surface area contributed by atoms with Gasteiger partial charge in [0.15, 0.2) is 0 Å². The van der Waals surface area contributed by atoms with Crippen molar-refractivity contribution in [2.24, 2.45) is 0 Å². The van der Waals surface area contributed by atoms with Crippen LogP contribution in [0.4, 0.5) is 0 Å². The summed E-state index contributed by atoms with van der Waals surface area (Å²) in [6.07, 6.45) is 31.0. The van der Waals surface area contributed by atoms with E-state index < -0.39 is 12.2 Å². The minimum absolute atomic E-state index is 0.207. The van der Waals surface area contributed by atoms with Crippen LogP contribution in [0.25, 0.3) is 0 Å². The second-order valence-electron chi connectivity index (χ2n) is 8.97. The highest BCUT2D eigenvalue weighted by Crippen LogP contribution is 2.11. The molecule has 0 saturated carbocycles. The summed E-state index contributed by atoms with van der Waals surface area (Å²) in [5.41, 5.74) is 0. The SMILES string of the molecule is C#CC(O)C=CCCCCCCCCCC=CC#CCCCCCCCCC(O)C#CC#CC#CCO. The maximum absolute atomic E-state index is 9.79. The maximum Gasteiger partial charge on any atom is 0.133 e. The Balaban J connectivity index is 3.44. The summed E-state index contributed by atoms with van der Waals surface area (Å²) in [5, 5.41) is 27.5. The summed E-state index contributed by atoms with van der Waals surface area (Å²) in [4.78, 5) is 0. The molecule has 0 aliphatic heterocycles. The van der Waals surface area contributed by atoms with Gasteiger partial charge in [-0.3, -0.25) is 0 Å². The smallest absolute Gasteiger partial charge is 0.133 e. The average molecular weight is 503 g/mol. The topological polar surface area (TPSA) is 60.7 Å². The molecule has 0 radical (unpaired) electrons. The number of aliphatic hydroxyl groups excluding tert-OH is 3. The van der Waals surface area contributed by atoms with Crippen molar-refractivity contribution in [1.29, 1.82) is 0 Å². The van der Waals surface area contributed by atoms with Gasteiger partial charge in [-0.05, 0) is 80.8 Å². The predicted molar refractivity (Wildman–Crippen MR) is 156 cm³/mol. The van der Waals surface area contributed by atoms with E-state index >= 15 is 0 Å². The summed E-state index contributed by atoms with van der Waals surface area (Å²) in [7, 11) is 0. The van der Waals surface area contributed by atoms with Gasteiger partial charge in [0.05, 0.1) is 0 Å². The first-order chi connectivity index (χ1) is 18.2. The number of hydrogen-bond donors (Lipinski definition) is 3. The van der Waals surface area contributed by atoms with Gasteiger partial charge < -0.3 is 15.3 Å². The van der Waals surface area contributed by atoms with Crippen LogP contribution in [0.5, 0.6) is 0 Å². The van der Waals surface area contributed by atoms with Crippen molar-refractivity contribution >= 4 is 0 Å². The molecule has 0 saturated heterocycles. The number of rotatable bonds is 19. The summed E-state index contributed by atoms with van der Waals surface area (Å²) in [6.45, 7) is -0.207. The lowest BCUT2D eigenvalue weighted by molar-refractivity contribution is 0.217. The molecule has 0 rings (SSSR count). The lowest BCUT2D eigenvalue weighted by atomic mass is 10.1. The van der Waals surface area contributed by atoms with Crippen molar-refractivity contribution in [1.82, 2.24) is 0 Å². The van der Waals surface area contributed by atoms with Crippen LogP contribution < -0.4 is 0 Å². The number of terminal acetylenes is 1. The fourth-order valence-corrected chi connectivity index (χ4v) is 3.56. The molecule has 3 N–H and O–H groups in total. The first kappa shape index (κ1) is 34.2. The van der Waals surface area contributed by atoms with Gasteiger partial charge in [-0.25, -0.2) is 0 Å². The molecule has 0 aromatic rings. The van der Waals surface area contributed by atoms with Crippen molar-refractivity contribution in [2.45, 2.75) is 121 Å². The van der Waals surface area contributed by atoms with Gasteiger partial charge >= 0.3 is 0 Å². The summed E-state index contributed by atoms with van der Waals surface area (Å²) in [5.74, 6) is 23.9. The van der Waals surface area contributed by atoms with Crippen molar-refractivity contribution in [2.75, 3.05) is 6.61 Å². The molecular weight excluding hydrogens is 456 g/mol. The van der Waals surface area contributed by atoms with E-state index in [2.05, 4.69) is 59.4 Å². The van der Waals surface area contributed by atoms with Gasteiger partial charge in [0.1, 0.15) is 18.8 Å². The van der Waals surface area contributed by atoms with E-state index in [1.807, 2.05) is 12.2 Å². The fourth-order valence-electron chi connectivity index (χ4n) is 3.56. The Morgan fingerprint density at radius 1 is 0.649 bits per heavy atom. The first-order valence-corrected chi connectivity index (χ1v) is 13.9. The minimum atomic E-state index is -0.736. The van der Waals surface area contributed by atoms with Crippen LogP contribution in [0.2, 0.25) is 0 Å². The molecule has 0 aromatic carbocycles. The second kappa shape index (κ2) is 29.4. The average Bonchev–Trinajstić information content (AvgIpc) is 2.90. The Labute approximate surface area is 227 Å². The zero-order chi connectivity index (χ0) is 27.1. The molecule has 3 heteroatoms. The second-order valence-corrected chi connectivity index (χ2v) is 8.97. The third-order valence-electron chi connectivity index (χ3n) is 5.66. The zero-order valence-corrected chi connectivity index (χ0v) is 22.6. The van der Waals surface area contributed by atoms with Gasteiger partial charge in [-0.1, -0.05) is 99.5 Å². The Kier molecular flexibility index (Phi) is 27.1. The van der Waals surface area contributed by atoms with E-state index in [4.69, 9.17) is 11.5 Å². The van der Waals surface area contributed by atoms with Crippen LogP contribution >= 0.6 is 0 Å². The molecule has 37 heavy (non-hydrogen) atoms. The van der Waals surface area contributed by atoms with E-state index in [-0.39, 0.29) is 6.61 Å². The van der Waals surface area contributed by atoms with Gasteiger partial charge in [0, 0.05) is 6.42 Å². The largest absolute Gasteiger partial charge is 0.384 e. The maximum atomic E-state index is 9.79. The molecule has 0 aromatic heterocycles. The third-order valence-corrected chi connectivity index (χ3v) is 5.66. The standard InChI is InChI=1S/C34H46O3/c1-2-33(36)29-25-21-18-16-14-12-10-8-6-4-3-5-7-9-11-13-15-17-19-22-26-30-34(37)31-27-23-20-24-28-32-35/h1,3,5,25,29,33-37H,4,6,8,10-19,21-22,26,30,32H2. The molecule has 0 spiro atoms. The molecule has 200 valence electrons. The highest BCUT2D eigenvalue weighted by atomic mass is 16.3. The molecule has 3 nitrogen and oxygen atoms in total. The predicted octanol–water partition coefficient (Wildman–Crippen LogP) is 6.09. The van der Waals surface area contributed by atoms with Gasteiger partial charge in [-0.2, -0.15) is 0 Å². The number of allylic oxidation sites excluding steroid dienone is 3. The van der Waals surface area contributed by atoms with Gasteiger partial charge in [0.25, 0.3) is 0 Å². The van der Waals surface area contributed by atoms with E-state index in [0.29, 0.717) is 6.42 Å². The van der Waals surface area contributed by atoms with Crippen LogP contribution in [0.3, 0.4) is 0 Å². The van der Waals surface area contributed by atoms with Crippen LogP contribution in [0, 0.1) is 59.7 Å². The first-order valence-electron chi connectivity index (χ1n) is 13.9. The van der Waals surface area contributed by atoms with Gasteiger partial charge in [-0.15, -0.1) is 6.42 Å². The quantitative estimate of drug-likeness (QED) is 0.114.